The van der Waals surface area contributed by atoms with Gasteiger partial charge in [0.15, 0.2) is 28.3 Å². The van der Waals surface area contributed by atoms with E-state index in [9.17, 15) is 18.8 Å². The maximum absolute atomic E-state index is 14.8. The first-order valence-electron chi connectivity index (χ1n) is 9.17. The topological polar surface area (TPSA) is 110 Å². The van der Waals surface area contributed by atoms with Gasteiger partial charge < -0.3 is 10.3 Å². The molecule has 10 heteroatoms. The summed E-state index contributed by atoms with van der Waals surface area (Å²) in [6, 6.07) is 8.68. The van der Waals surface area contributed by atoms with Crippen LogP contribution in [0, 0.1) is 23.0 Å². The Labute approximate surface area is 180 Å². The van der Waals surface area contributed by atoms with E-state index in [1.807, 2.05) is 6.07 Å². The van der Waals surface area contributed by atoms with E-state index in [0.717, 1.165) is 12.3 Å². The minimum Gasteiger partial charge on any atom is -0.381 e. The van der Waals surface area contributed by atoms with Gasteiger partial charge >= 0.3 is 0 Å². The fourth-order valence-electron chi connectivity index (χ4n) is 3.60. The molecular weight excluding hydrogens is 426 g/mol. The molecule has 0 aliphatic carbocycles. The molecule has 3 aromatic rings. The van der Waals surface area contributed by atoms with Crippen molar-refractivity contribution in [3.63, 3.8) is 0 Å². The highest BCUT2D eigenvalue weighted by molar-refractivity contribution is 6.30. The predicted octanol–water partition coefficient (Wildman–Crippen LogP) is 3.14. The van der Waals surface area contributed by atoms with Crippen LogP contribution in [-0.2, 0) is 18.5 Å². The number of hydrogen-bond acceptors (Lipinski definition) is 6. The highest BCUT2D eigenvalue weighted by Crippen LogP contribution is 2.35. The Balaban J connectivity index is 1.70. The van der Waals surface area contributed by atoms with Crippen LogP contribution in [0.25, 0.3) is 0 Å². The van der Waals surface area contributed by atoms with E-state index < -0.39 is 17.2 Å². The molecule has 0 fully saturated rings. The molecular formula is C21H15ClF2N6O. The van der Waals surface area contributed by atoms with Crippen molar-refractivity contribution in [2.45, 2.75) is 25.4 Å². The number of nitriles is 1. The fourth-order valence-corrected chi connectivity index (χ4v) is 3.82. The highest BCUT2D eigenvalue weighted by Gasteiger charge is 2.37. The molecule has 0 amide bonds. The van der Waals surface area contributed by atoms with Crippen LogP contribution in [0.4, 0.5) is 8.78 Å². The van der Waals surface area contributed by atoms with Crippen LogP contribution in [-0.4, -0.2) is 26.2 Å². The van der Waals surface area contributed by atoms with Crippen molar-refractivity contribution in [3.05, 3.63) is 81.7 Å². The molecule has 1 atom stereocenters. The molecule has 3 heterocycles. The number of rotatable bonds is 4. The van der Waals surface area contributed by atoms with Crippen molar-refractivity contribution in [1.82, 2.24) is 14.5 Å². The third kappa shape index (κ3) is 3.66. The second-order valence-electron chi connectivity index (χ2n) is 7.32. The Morgan fingerprint density at radius 3 is 2.81 bits per heavy atom. The number of imidazole rings is 1. The fraction of sp³-hybridized carbons (Fsp3) is 0.190. The standard InChI is InChI=1S/C21H15ClF2N6O/c1-21(10-30-16(8-25)18(22)28-20(30)19(26)29-21)13-6-11(2-4-14(13)24)7-17(31)15-5-3-12(23)9-27-15/h2-6,9H,7,10H2,1H3,(H2,26,29). The molecule has 1 unspecified atom stereocenters. The number of hydrogen-bond donors (Lipinski definition) is 1. The number of carbonyl (C=O) groups is 1. The van der Waals surface area contributed by atoms with E-state index in [-0.39, 0.29) is 52.5 Å². The van der Waals surface area contributed by atoms with E-state index >= 15 is 0 Å². The number of aliphatic imine (C=N–C) groups is 1. The molecule has 7 nitrogen and oxygen atoms in total. The maximum Gasteiger partial charge on any atom is 0.185 e. The molecule has 2 aromatic heterocycles. The van der Waals surface area contributed by atoms with E-state index in [2.05, 4.69) is 15.0 Å². The first-order chi connectivity index (χ1) is 14.7. The van der Waals surface area contributed by atoms with Gasteiger partial charge in [-0.05, 0) is 36.8 Å². The van der Waals surface area contributed by atoms with E-state index in [1.165, 1.54) is 28.8 Å². The van der Waals surface area contributed by atoms with Crippen LogP contribution >= 0.6 is 11.6 Å². The van der Waals surface area contributed by atoms with Crippen LogP contribution in [0.2, 0.25) is 5.15 Å². The number of fused-ring (bicyclic) bond motifs is 1. The minimum absolute atomic E-state index is 0.00785. The van der Waals surface area contributed by atoms with Gasteiger partial charge in [0.2, 0.25) is 0 Å². The molecule has 4 rings (SSSR count). The second kappa shape index (κ2) is 7.56. The lowest BCUT2D eigenvalue weighted by Crippen LogP contribution is -2.38. The lowest BCUT2D eigenvalue weighted by atomic mass is 9.88. The first-order valence-corrected chi connectivity index (χ1v) is 9.55. The summed E-state index contributed by atoms with van der Waals surface area (Å²) in [5, 5.41) is 9.39. The largest absolute Gasteiger partial charge is 0.381 e. The van der Waals surface area contributed by atoms with Gasteiger partial charge in [-0.2, -0.15) is 5.26 Å². The van der Waals surface area contributed by atoms with Crippen molar-refractivity contribution < 1.29 is 13.6 Å². The number of benzene rings is 1. The number of Topliss-reactive ketones (excluding diaryl/α,β-unsaturated/α-hetero) is 1. The number of aromatic nitrogens is 3. The van der Waals surface area contributed by atoms with Crippen LogP contribution in [0.1, 0.15) is 40.1 Å². The quantitative estimate of drug-likeness (QED) is 0.626. The summed E-state index contributed by atoms with van der Waals surface area (Å²) in [5.41, 5.74) is 5.81. The average molecular weight is 441 g/mol. The summed E-state index contributed by atoms with van der Waals surface area (Å²) in [6.45, 7) is 1.75. The van der Waals surface area contributed by atoms with E-state index in [1.54, 1.807) is 6.92 Å². The Hall–Kier alpha value is -3.64. The van der Waals surface area contributed by atoms with Crippen molar-refractivity contribution in [2.75, 3.05) is 0 Å². The number of nitrogens with zero attached hydrogens (tertiary/aromatic N) is 5. The first kappa shape index (κ1) is 20.6. The van der Waals surface area contributed by atoms with Crippen LogP contribution in [0.15, 0.2) is 41.5 Å². The number of nitrogens with two attached hydrogens (primary N) is 1. The Kier molecular flexibility index (Phi) is 5.03. The molecule has 0 spiro atoms. The normalized spacial score (nSPS) is 17.6. The summed E-state index contributed by atoms with van der Waals surface area (Å²) < 4.78 is 29.4. The molecule has 0 saturated carbocycles. The molecule has 31 heavy (non-hydrogen) atoms. The molecule has 0 saturated heterocycles. The van der Waals surface area contributed by atoms with Gasteiger partial charge in [0.1, 0.15) is 28.9 Å². The zero-order valence-electron chi connectivity index (χ0n) is 16.2. The van der Waals surface area contributed by atoms with Gasteiger partial charge in [0.05, 0.1) is 12.7 Å². The van der Waals surface area contributed by atoms with Crippen molar-refractivity contribution in [3.8, 4) is 6.07 Å². The Morgan fingerprint density at radius 2 is 2.13 bits per heavy atom. The average Bonchev–Trinajstić information content (AvgIpc) is 3.05. The number of ketones is 1. The molecule has 1 aliphatic heterocycles. The van der Waals surface area contributed by atoms with Gasteiger partial charge in [0.25, 0.3) is 0 Å². The zero-order chi connectivity index (χ0) is 22.3. The molecule has 0 radical (unpaired) electrons. The van der Waals surface area contributed by atoms with Crippen LogP contribution in [0.3, 0.4) is 0 Å². The van der Waals surface area contributed by atoms with E-state index in [4.69, 9.17) is 17.3 Å². The van der Waals surface area contributed by atoms with Gasteiger partial charge in [-0.15, -0.1) is 0 Å². The molecule has 1 aromatic carbocycles. The zero-order valence-corrected chi connectivity index (χ0v) is 17.0. The molecule has 2 N–H and O–H groups in total. The van der Waals surface area contributed by atoms with Crippen molar-refractivity contribution in [2.24, 2.45) is 10.7 Å². The summed E-state index contributed by atoms with van der Waals surface area (Å²) in [5.74, 6) is -1.16. The number of carbonyl (C=O) groups excluding carboxylic acids is 1. The van der Waals surface area contributed by atoms with Crippen LogP contribution in [0.5, 0.6) is 0 Å². The predicted molar refractivity (Wildman–Crippen MR) is 109 cm³/mol. The Morgan fingerprint density at radius 1 is 1.35 bits per heavy atom. The number of pyridine rings is 1. The lowest BCUT2D eigenvalue weighted by molar-refractivity contribution is 0.0988. The summed E-state index contributed by atoms with van der Waals surface area (Å²) >= 11 is 6.02. The van der Waals surface area contributed by atoms with Gasteiger partial charge in [0, 0.05) is 12.0 Å². The van der Waals surface area contributed by atoms with Gasteiger partial charge in [-0.3, -0.25) is 14.8 Å². The lowest BCUT2D eigenvalue weighted by Gasteiger charge is -2.32. The molecule has 156 valence electrons. The third-order valence-corrected chi connectivity index (χ3v) is 5.35. The minimum atomic E-state index is -1.16. The second-order valence-corrected chi connectivity index (χ2v) is 7.68. The van der Waals surface area contributed by atoms with Crippen molar-refractivity contribution in [1.29, 1.82) is 5.26 Å². The third-order valence-electron chi connectivity index (χ3n) is 5.08. The molecule has 1 aliphatic rings. The summed E-state index contributed by atoms with van der Waals surface area (Å²) in [7, 11) is 0. The van der Waals surface area contributed by atoms with Crippen molar-refractivity contribution >= 4 is 23.2 Å². The number of halogens is 3. The summed E-state index contributed by atoms with van der Waals surface area (Å²) in [4.78, 5) is 24.8. The smallest absolute Gasteiger partial charge is 0.185 e. The molecule has 0 bridgehead atoms. The van der Waals surface area contributed by atoms with E-state index in [0.29, 0.717) is 5.56 Å². The van der Waals surface area contributed by atoms with Gasteiger partial charge in [-0.1, -0.05) is 17.7 Å². The maximum atomic E-state index is 14.8. The van der Waals surface area contributed by atoms with Crippen LogP contribution < -0.4 is 5.73 Å². The Bertz CT molecular complexity index is 1280. The van der Waals surface area contributed by atoms with Gasteiger partial charge in [-0.25, -0.2) is 13.8 Å². The highest BCUT2D eigenvalue weighted by atomic mass is 35.5. The summed E-state index contributed by atoms with van der Waals surface area (Å²) in [6.07, 6.45) is 0.900. The number of amidine groups is 1. The SMILES string of the molecule is CC1(c2cc(CC(=O)c3ccc(F)cn3)ccc2F)Cn2c(nc(Cl)c2C#N)C(N)=N1. The monoisotopic (exact) mass is 440 g/mol.